The number of nitrogens with zero attached hydrogens (tertiary/aromatic N) is 1. The van der Waals surface area contributed by atoms with Crippen LogP contribution in [0.5, 0.6) is 0 Å². The number of aromatic nitrogens is 1. The zero-order valence-electron chi connectivity index (χ0n) is 11.3. The second-order valence-corrected chi connectivity index (χ2v) is 6.38. The van der Waals surface area contributed by atoms with Crippen LogP contribution in [0, 0.1) is 5.92 Å². The van der Waals surface area contributed by atoms with Gasteiger partial charge in [0, 0.05) is 6.20 Å². The van der Waals surface area contributed by atoms with Gasteiger partial charge in [-0.3, -0.25) is 4.79 Å². The molecule has 20 heavy (non-hydrogen) atoms. The first-order valence-electron chi connectivity index (χ1n) is 6.70. The Morgan fingerprint density at radius 1 is 1.60 bits per heavy atom. The molecule has 2 N–H and O–H groups in total. The van der Waals surface area contributed by atoms with Crippen molar-refractivity contribution in [3.8, 4) is 0 Å². The van der Waals surface area contributed by atoms with Crippen LogP contribution in [0.25, 0.3) is 0 Å². The van der Waals surface area contributed by atoms with Crippen LogP contribution < -0.4 is 5.32 Å². The van der Waals surface area contributed by atoms with Crippen LogP contribution in [0.1, 0.15) is 43.0 Å². The van der Waals surface area contributed by atoms with Gasteiger partial charge in [-0.15, -0.1) is 0 Å². The SMILES string of the molecule is CC1CCCC(CO)(NC(=O)c2cc(Cl)ncc2Cl)C1. The molecule has 110 valence electrons. The van der Waals surface area contributed by atoms with Crippen molar-refractivity contribution in [2.45, 2.75) is 38.1 Å². The molecular formula is C14H18Cl2N2O2. The fourth-order valence-electron chi connectivity index (χ4n) is 2.85. The number of carbonyl (C=O) groups excluding carboxylic acids is 1. The molecule has 0 bridgehead atoms. The molecule has 0 aliphatic heterocycles. The lowest BCUT2D eigenvalue weighted by molar-refractivity contribution is 0.0697. The van der Waals surface area contributed by atoms with Crippen molar-refractivity contribution in [3.05, 3.63) is 28.0 Å². The van der Waals surface area contributed by atoms with E-state index in [1.165, 1.54) is 12.3 Å². The summed E-state index contributed by atoms with van der Waals surface area (Å²) in [5, 5.41) is 13.1. The first-order valence-corrected chi connectivity index (χ1v) is 7.46. The van der Waals surface area contributed by atoms with Gasteiger partial charge in [0.15, 0.2) is 0 Å². The Morgan fingerprint density at radius 2 is 2.35 bits per heavy atom. The fourth-order valence-corrected chi connectivity index (χ4v) is 3.20. The van der Waals surface area contributed by atoms with E-state index in [9.17, 15) is 9.90 Å². The molecule has 0 spiro atoms. The van der Waals surface area contributed by atoms with Crippen molar-refractivity contribution in [3.63, 3.8) is 0 Å². The third kappa shape index (κ3) is 3.43. The zero-order chi connectivity index (χ0) is 14.8. The van der Waals surface area contributed by atoms with E-state index < -0.39 is 5.54 Å². The minimum absolute atomic E-state index is 0.0699. The van der Waals surface area contributed by atoms with Crippen LogP contribution >= 0.6 is 23.2 Å². The Balaban J connectivity index is 2.19. The number of hydrogen-bond donors (Lipinski definition) is 2. The minimum atomic E-state index is -0.562. The molecule has 2 unspecified atom stereocenters. The van der Waals surface area contributed by atoms with Crippen LogP contribution in [0.4, 0.5) is 0 Å². The van der Waals surface area contributed by atoms with Crippen LogP contribution in [-0.4, -0.2) is 28.1 Å². The Hall–Kier alpha value is -0.840. The Bertz CT molecular complexity index is 510. The van der Waals surface area contributed by atoms with Crippen molar-refractivity contribution >= 4 is 29.1 Å². The fraction of sp³-hybridized carbons (Fsp3) is 0.571. The highest BCUT2D eigenvalue weighted by Gasteiger charge is 2.36. The molecule has 1 heterocycles. The normalized spacial score (nSPS) is 26.3. The summed E-state index contributed by atoms with van der Waals surface area (Å²) >= 11 is 11.8. The molecule has 1 amide bonds. The Labute approximate surface area is 128 Å². The van der Waals surface area contributed by atoms with Gasteiger partial charge in [0.05, 0.1) is 22.7 Å². The number of aliphatic hydroxyl groups is 1. The van der Waals surface area contributed by atoms with Gasteiger partial charge in [-0.05, 0) is 24.8 Å². The monoisotopic (exact) mass is 316 g/mol. The molecule has 4 nitrogen and oxygen atoms in total. The summed E-state index contributed by atoms with van der Waals surface area (Å²) in [4.78, 5) is 16.2. The summed E-state index contributed by atoms with van der Waals surface area (Å²) in [6.07, 6.45) is 5.02. The average molecular weight is 317 g/mol. The molecule has 0 aromatic carbocycles. The van der Waals surface area contributed by atoms with E-state index in [0.29, 0.717) is 5.92 Å². The van der Waals surface area contributed by atoms with Crippen LogP contribution in [0.15, 0.2) is 12.3 Å². The molecule has 1 fully saturated rings. The van der Waals surface area contributed by atoms with Crippen LogP contribution in [0.3, 0.4) is 0 Å². The predicted molar refractivity (Wildman–Crippen MR) is 79.2 cm³/mol. The highest BCUT2D eigenvalue weighted by Crippen LogP contribution is 2.32. The summed E-state index contributed by atoms with van der Waals surface area (Å²) in [5.41, 5.74) is -0.272. The predicted octanol–water partition coefficient (Wildman–Crippen LogP) is 3.06. The van der Waals surface area contributed by atoms with Gasteiger partial charge in [0.1, 0.15) is 5.15 Å². The van der Waals surface area contributed by atoms with Gasteiger partial charge in [-0.25, -0.2) is 4.98 Å². The van der Waals surface area contributed by atoms with Crippen molar-refractivity contribution in [1.29, 1.82) is 0 Å². The topological polar surface area (TPSA) is 62.2 Å². The molecule has 0 radical (unpaired) electrons. The molecule has 1 aromatic rings. The van der Waals surface area contributed by atoms with Gasteiger partial charge >= 0.3 is 0 Å². The highest BCUT2D eigenvalue weighted by atomic mass is 35.5. The summed E-state index contributed by atoms with van der Waals surface area (Å²) in [6, 6.07) is 1.44. The third-order valence-corrected chi connectivity index (χ3v) is 4.35. The first kappa shape index (κ1) is 15.5. The lowest BCUT2D eigenvalue weighted by Gasteiger charge is -2.39. The molecular weight excluding hydrogens is 299 g/mol. The van der Waals surface area contributed by atoms with Gasteiger partial charge in [0.25, 0.3) is 5.91 Å². The number of hydrogen-bond acceptors (Lipinski definition) is 3. The minimum Gasteiger partial charge on any atom is -0.394 e. The third-order valence-electron chi connectivity index (χ3n) is 3.84. The van der Waals surface area contributed by atoms with Crippen molar-refractivity contribution in [2.24, 2.45) is 5.92 Å². The molecule has 2 atom stereocenters. The molecule has 6 heteroatoms. The van der Waals surface area contributed by atoms with E-state index >= 15 is 0 Å². The standard InChI is InChI=1S/C14H18Cl2N2O2/c1-9-3-2-4-14(6-9,8-19)18-13(20)10-5-12(16)17-7-11(10)15/h5,7,9,19H,2-4,6,8H2,1H3,(H,18,20). The maximum Gasteiger partial charge on any atom is 0.253 e. The lowest BCUT2D eigenvalue weighted by atomic mass is 9.76. The van der Waals surface area contributed by atoms with Crippen molar-refractivity contribution in [1.82, 2.24) is 10.3 Å². The van der Waals surface area contributed by atoms with E-state index in [-0.39, 0.29) is 28.3 Å². The van der Waals surface area contributed by atoms with E-state index in [1.54, 1.807) is 0 Å². The highest BCUT2D eigenvalue weighted by molar-refractivity contribution is 6.35. The number of halogens is 2. The Morgan fingerprint density at radius 3 is 3.00 bits per heavy atom. The molecule has 1 aliphatic carbocycles. The number of pyridine rings is 1. The van der Waals surface area contributed by atoms with Gasteiger partial charge in [-0.1, -0.05) is 43.0 Å². The van der Waals surface area contributed by atoms with E-state index in [2.05, 4.69) is 17.2 Å². The number of nitrogens with one attached hydrogen (secondary N) is 1. The Kier molecular flexibility index (Phi) is 4.89. The number of carbonyl (C=O) groups is 1. The summed E-state index contributed by atoms with van der Waals surface area (Å²) in [6.45, 7) is 2.06. The number of aliphatic hydroxyl groups excluding tert-OH is 1. The average Bonchev–Trinajstić information content (AvgIpc) is 2.41. The van der Waals surface area contributed by atoms with Crippen LogP contribution in [-0.2, 0) is 0 Å². The largest absolute Gasteiger partial charge is 0.394 e. The maximum atomic E-state index is 12.4. The summed E-state index contributed by atoms with van der Waals surface area (Å²) < 4.78 is 0. The van der Waals surface area contributed by atoms with E-state index in [1.807, 2.05) is 0 Å². The molecule has 2 rings (SSSR count). The van der Waals surface area contributed by atoms with Gasteiger partial charge < -0.3 is 10.4 Å². The van der Waals surface area contributed by atoms with Gasteiger partial charge in [-0.2, -0.15) is 0 Å². The second kappa shape index (κ2) is 6.29. The smallest absolute Gasteiger partial charge is 0.253 e. The zero-order valence-corrected chi connectivity index (χ0v) is 12.8. The van der Waals surface area contributed by atoms with Crippen LogP contribution in [0.2, 0.25) is 10.2 Å². The lowest BCUT2D eigenvalue weighted by Crippen LogP contribution is -2.53. The van der Waals surface area contributed by atoms with Gasteiger partial charge in [0.2, 0.25) is 0 Å². The number of amides is 1. The van der Waals surface area contributed by atoms with Crippen molar-refractivity contribution in [2.75, 3.05) is 6.61 Å². The van der Waals surface area contributed by atoms with E-state index in [4.69, 9.17) is 23.2 Å². The summed E-state index contributed by atoms with van der Waals surface area (Å²) in [7, 11) is 0. The molecule has 0 saturated heterocycles. The molecule has 1 saturated carbocycles. The van der Waals surface area contributed by atoms with E-state index in [0.717, 1.165) is 25.7 Å². The quantitative estimate of drug-likeness (QED) is 0.842. The maximum absolute atomic E-state index is 12.4. The number of rotatable bonds is 3. The van der Waals surface area contributed by atoms with Crippen molar-refractivity contribution < 1.29 is 9.90 Å². The molecule has 1 aliphatic rings. The first-order chi connectivity index (χ1) is 9.46. The summed E-state index contributed by atoms with van der Waals surface area (Å²) in [5.74, 6) is 0.162. The molecule has 1 aromatic heterocycles. The second-order valence-electron chi connectivity index (χ2n) is 5.58.